The molecule has 3 rings (SSSR count). The summed E-state index contributed by atoms with van der Waals surface area (Å²) in [7, 11) is 1.54. The number of nitrogens with one attached hydrogen (secondary N) is 2. The lowest BCUT2D eigenvalue weighted by atomic mass is 10.1. The maximum absolute atomic E-state index is 13.0. The fourth-order valence-corrected chi connectivity index (χ4v) is 2.73. The van der Waals surface area contributed by atoms with Crippen molar-refractivity contribution in [1.29, 1.82) is 0 Å². The lowest BCUT2D eigenvalue weighted by molar-refractivity contribution is -0.121. The fourth-order valence-electron chi connectivity index (χ4n) is 2.73. The average molecular weight is 313 g/mol. The molecule has 1 atom stereocenters. The first-order valence-corrected chi connectivity index (χ1v) is 7.25. The molecule has 0 aliphatic carbocycles. The van der Waals surface area contributed by atoms with Crippen molar-refractivity contribution in [3.63, 3.8) is 0 Å². The number of urea groups is 1. The van der Waals surface area contributed by atoms with E-state index in [1.807, 2.05) is 24.3 Å². The second-order valence-electron chi connectivity index (χ2n) is 5.27. The van der Waals surface area contributed by atoms with Gasteiger partial charge in [-0.05, 0) is 35.9 Å². The van der Waals surface area contributed by atoms with Crippen molar-refractivity contribution in [3.8, 4) is 0 Å². The molecule has 5 nitrogen and oxygen atoms in total. The van der Waals surface area contributed by atoms with Gasteiger partial charge in [0.1, 0.15) is 11.9 Å². The van der Waals surface area contributed by atoms with E-state index in [9.17, 15) is 14.0 Å². The molecule has 118 valence electrons. The first-order valence-electron chi connectivity index (χ1n) is 7.25. The van der Waals surface area contributed by atoms with E-state index in [1.54, 1.807) is 7.05 Å². The Morgan fingerprint density at radius 1 is 1.13 bits per heavy atom. The van der Waals surface area contributed by atoms with Gasteiger partial charge in [0.05, 0.1) is 0 Å². The van der Waals surface area contributed by atoms with Gasteiger partial charge in [0.25, 0.3) is 0 Å². The zero-order chi connectivity index (χ0) is 16.4. The highest BCUT2D eigenvalue weighted by Gasteiger charge is 2.37. The average Bonchev–Trinajstić information content (AvgIpc) is 2.95. The zero-order valence-electron chi connectivity index (χ0n) is 12.5. The van der Waals surface area contributed by atoms with E-state index in [4.69, 9.17) is 0 Å². The van der Waals surface area contributed by atoms with E-state index in [1.165, 1.54) is 29.2 Å². The van der Waals surface area contributed by atoms with Crippen molar-refractivity contribution in [1.82, 2.24) is 5.32 Å². The van der Waals surface area contributed by atoms with Crippen LogP contribution in [0.2, 0.25) is 0 Å². The number of likely N-dealkylation sites (N-methyl/N-ethyl adjacent to an activating group) is 1. The molecule has 0 bridgehead atoms. The maximum Gasteiger partial charge on any atom is 0.327 e. The summed E-state index contributed by atoms with van der Waals surface area (Å²) < 4.78 is 13.0. The van der Waals surface area contributed by atoms with Crippen LogP contribution in [0.5, 0.6) is 0 Å². The second-order valence-corrected chi connectivity index (χ2v) is 5.27. The minimum atomic E-state index is -0.599. The highest BCUT2D eigenvalue weighted by atomic mass is 19.1. The highest BCUT2D eigenvalue weighted by molar-refractivity contribution is 6.08. The van der Waals surface area contributed by atoms with Gasteiger partial charge < -0.3 is 10.6 Å². The number of carbonyl (C=O) groups excluding carboxylic acids is 2. The van der Waals surface area contributed by atoms with E-state index in [0.717, 1.165) is 5.56 Å². The van der Waals surface area contributed by atoms with Crippen LogP contribution in [0.25, 0.3) is 0 Å². The molecule has 3 amide bonds. The molecule has 6 heteroatoms. The largest absolute Gasteiger partial charge is 0.357 e. The van der Waals surface area contributed by atoms with Crippen LogP contribution < -0.4 is 15.5 Å². The number of halogens is 1. The lowest BCUT2D eigenvalue weighted by Crippen LogP contribution is -2.48. The Hall–Kier alpha value is -2.89. The molecule has 23 heavy (non-hydrogen) atoms. The lowest BCUT2D eigenvalue weighted by Gasteiger charge is -2.24. The van der Waals surface area contributed by atoms with Gasteiger partial charge in [-0.3, -0.25) is 9.69 Å². The molecule has 0 aromatic heterocycles. The molecule has 1 aliphatic rings. The number of carbonyl (C=O) groups is 2. The first-order chi connectivity index (χ1) is 11.1. The topological polar surface area (TPSA) is 61.4 Å². The quantitative estimate of drug-likeness (QED) is 0.895. The molecule has 1 unspecified atom stereocenters. The molecule has 2 N–H and O–H groups in total. The van der Waals surface area contributed by atoms with Gasteiger partial charge >= 0.3 is 6.03 Å². The van der Waals surface area contributed by atoms with Gasteiger partial charge in [-0.15, -0.1) is 0 Å². The van der Waals surface area contributed by atoms with Crippen LogP contribution in [-0.4, -0.2) is 25.0 Å². The van der Waals surface area contributed by atoms with Crippen molar-refractivity contribution < 1.29 is 14.0 Å². The third kappa shape index (κ3) is 2.88. The van der Waals surface area contributed by atoms with Crippen LogP contribution in [0, 0.1) is 5.82 Å². The summed E-state index contributed by atoms with van der Waals surface area (Å²) in [5.41, 5.74) is 2.12. The molecule has 0 saturated carbocycles. The van der Waals surface area contributed by atoms with E-state index < -0.39 is 12.1 Å². The first kappa shape index (κ1) is 15.0. The molecule has 0 saturated heterocycles. The second kappa shape index (κ2) is 6.08. The van der Waals surface area contributed by atoms with E-state index >= 15 is 0 Å². The number of benzene rings is 2. The molecule has 0 spiro atoms. The molecular weight excluding hydrogens is 297 g/mol. The zero-order valence-corrected chi connectivity index (χ0v) is 12.5. The third-order valence-corrected chi connectivity index (χ3v) is 3.84. The van der Waals surface area contributed by atoms with Gasteiger partial charge in [-0.1, -0.05) is 18.2 Å². The van der Waals surface area contributed by atoms with Gasteiger partial charge in [0, 0.05) is 24.8 Å². The Labute approximate surface area is 133 Å². The Kier molecular flexibility index (Phi) is 3.97. The fraction of sp³-hybridized carbons (Fsp3) is 0.176. The van der Waals surface area contributed by atoms with Crippen LogP contribution in [0.3, 0.4) is 0 Å². The van der Waals surface area contributed by atoms with Gasteiger partial charge in [0.2, 0.25) is 5.91 Å². The van der Waals surface area contributed by atoms with E-state index in [-0.39, 0.29) is 11.7 Å². The molecule has 0 fully saturated rings. The van der Waals surface area contributed by atoms with Crippen LogP contribution >= 0.6 is 0 Å². The van der Waals surface area contributed by atoms with Crippen molar-refractivity contribution in [3.05, 3.63) is 59.9 Å². The summed E-state index contributed by atoms with van der Waals surface area (Å²) in [6.45, 7) is 0. The van der Waals surface area contributed by atoms with E-state index in [2.05, 4.69) is 10.6 Å². The summed E-state index contributed by atoms with van der Waals surface area (Å²) in [6, 6.07) is 11.9. The molecule has 2 aromatic rings. The number of hydrogen-bond acceptors (Lipinski definition) is 2. The summed E-state index contributed by atoms with van der Waals surface area (Å²) in [5.74, 6) is -0.604. The molecule has 1 aliphatic heterocycles. The van der Waals surface area contributed by atoms with Crippen molar-refractivity contribution >= 4 is 23.3 Å². The van der Waals surface area contributed by atoms with Crippen LogP contribution in [0.15, 0.2) is 48.5 Å². The van der Waals surface area contributed by atoms with Crippen LogP contribution in [0.4, 0.5) is 20.6 Å². The van der Waals surface area contributed by atoms with Crippen LogP contribution in [0.1, 0.15) is 5.56 Å². The number of rotatable bonds is 2. The SMILES string of the molecule is CNC(=O)C1Cc2ccccc2N1C(=O)Nc1ccc(F)cc1. The Balaban J connectivity index is 1.89. The molecular formula is C17H16FN3O2. The minimum absolute atomic E-state index is 0.226. The molecule has 0 radical (unpaired) electrons. The minimum Gasteiger partial charge on any atom is -0.357 e. The third-order valence-electron chi connectivity index (χ3n) is 3.84. The Morgan fingerprint density at radius 3 is 2.52 bits per heavy atom. The number of para-hydroxylation sites is 1. The van der Waals surface area contributed by atoms with Gasteiger partial charge in [0.15, 0.2) is 0 Å². The molecule has 2 aromatic carbocycles. The number of amides is 3. The van der Waals surface area contributed by atoms with Crippen molar-refractivity contribution in [2.24, 2.45) is 0 Å². The molecule has 1 heterocycles. The number of anilines is 2. The Morgan fingerprint density at radius 2 is 1.83 bits per heavy atom. The van der Waals surface area contributed by atoms with Crippen LogP contribution in [-0.2, 0) is 11.2 Å². The maximum atomic E-state index is 13.0. The number of fused-ring (bicyclic) bond motifs is 1. The number of nitrogens with zero attached hydrogens (tertiary/aromatic N) is 1. The van der Waals surface area contributed by atoms with Crippen molar-refractivity contribution in [2.45, 2.75) is 12.5 Å². The summed E-state index contributed by atoms with van der Waals surface area (Å²) in [6.07, 6.45) is 0.465. The van der Waals surface area contributed by atoms with Gasteiger partial charge in [-0.2, -0.15) is 0 Å². The highest BCUT2D eigenvalue weighted by Crippen LogP contribution is 2.32. The van der Waals surface area contributed by atoms with E-state index in [0.29, 0.717) is 17.8 Å². The monoisotopic (exact) mass is 313 g/mol. The van der Waals surface area contributed by atoms with Crippen molar-refractivity contribution in [2.75, 3.05) is 17.3 Å². The number of hydrogen-bond donors (Lipinski definition) is 2. The predicted octanol–water partition coefficient (Wildman–Crippen LogP) is 2.53. The standard InChI is InChI=1S/C17H16FN3O2/c1-19-16(22)15-10-11-4-2-3-5-14(11)21(15)17(23)20-13-8-6-12(18)7-9-13/h2-9,15H,10H2,1H3,(H,19,22)(H,20,23). The predicted molar refractivity (Wildman–Crippen MR) is 85.9 cm³/mol. The summed E-state index contributed by atoms with van der Waals surface area (Å²) >= 11 is 0. The normalized spacial score (nSPS) is 15.9. The summed E-state index contributed by atoms with van der Waals surface area (Å²) in [5, 5.41) is 5.29. The smallest absolute Gasteiger partial charge is 0.327 e. The summed E-state index contributed by atoms with van der Waals surface area (Å²) in [4.78, 5) is 26.2. The Bertz CT molecular complexity index is 746. The van der Waals surface area contributed by atoms with Gasteiger partial charge in [-0.25, -0.2) is 9.18 Å².